The van der Waals surface area contributed by atoms with Crippen LogP contribution in [0, 0.1) is 6.92 Å². The Bertz CT molecular complexity index is 507. The summed E-state index contributed by atoms with van der Waals surface area (Å²) in [6.45, 7) is 2.86. The average molecular weight is 283 g/mol. The van der Waals surface area contributed by atoms with E-state index in [2.05, 4.69) is 43.3 Å². The van der Waals surface area contributed by atoms with Crippen molar-refractivity contribution < 1.29 is 4.74 Å². The minimum atomic E-state index is 0.117. The van der Waals surface area contributed by atoms with E-state index in [1.807, 2.05) is 18.2 Å². The van der Waals surface area contributed by atoms with E-state index in [-0.39, 0.29) is 6.10 Å². The van der Waals surface area contributed by atoms with E-state index in [1.54, 1.807) is 0 Å². The van der Waals surface area contributed by atoms with E-state index in [4.69, 9.17) is 10.5 Å². The monoisotopic (exact) mass is 283 g/mol. The van der Waals surface area contributed by atoms with Gasteiger partial charge in [0.1, 0.15) is 11.9 Å². The van der Waals surface area contributed by atoms with Gasteiger partial charge in [-0.2, -0.15) is 0 Å². The van der Waals surface area contributed by atoms with Crippen LogP contribution in [-0.2, 0) is 0 Å². The average Bonchev–Trinajstić information content (AvgIpc) is 2.53. The Labute approximate surface area is 127 Å². The molecule has 1 atom stereocenters. The molecule has 2 aromatic carbocycles. The van der Waals surface area contributed by atoms with Crippen LogP contribution in [0.2, 0.25) is 0 Å². The summed E-state index contributed by atoms with van der Waals surface area (Å²) in [5.41, 5.74) is 8.06. The quantitative estimate of drug-likeness (QED) is 0.717. The maximum Gasteiger partial charge on any atom is 0.124 e. The molecule has 112 valence electrons. The molecule has 0 aliphatic heterocycles. The third-order valence-electron chi connectivity index (χ3n) is 3.64. The maximum absolute atomic E-state index is 6.20. The number of benzene rings is 2. The number of rotatable bonds is 8. The highest BCUT2D eigenvalue weighted by Gasteiger charge is 2.12. The molecule has 0 spiro atoms. The molecule has 2 heteroatoms. The fourth-order valence-corrected chi connectivity index (χ4v) is 2.39. The first-order valence-electron chi connectivity index (χ1n) is 7.78. The summed E-state index contributed by atoms with van der Waals surface area (Å²) in [6, 6.07) is 18.7. The Kier molecular flexibility index (Phi) is 6.29. The summed E-state index contributed by atoms with van der Waals surface area (Å²) in [5.74, 6) is 0.938. The van der Waals surface area contributed by atoms with Crippen molar-refractivity contribution in [2.75, 3.05) is 6.54 Å². The zero-order valence-corrected chi connectivity index (χ0v) is 12.8. The highest BCUT2D eigenvalue weighted by Crippen LogP contribution is 2.26. The van der Waals surface area contributed by atoms with Gasteiger partial charge in [0, 0.05) is 0 Å². The maximum atomic E-state index is 6.20. The molecular formula is C19H25NO. The second-order valence-corrected chi connectivity index (χ2v) is 5.47. The van der Waals surface area contributed by atoms with Crippen LogP contribution in [0.3, 0.4) is 0 Å². The zero-order valence-electron chi connectivity index (χ0n) is 12.8. The molecule has 0 aromatic heterocycles. The van der Waals surface area contributed by atoms with Gasteiger partial charge in [0.05, 0.1) is 0 Å². The van der Waals surface area contributed by atoms with E-state index in [9.17, 15) is 0 Å². The lowest BCUT2D eigenvalue weighted by Gasteiger charge is -2.20. The van der Waals surface area contributed by atoms with Crippen LogP contribution in [0.4, 0.5) is 0 Å². The molecule has 2 nitrogen and oxygen atoms in total. The zero-order chi connectivity index (χ0) is 14.9. The highest BCUT2D eigenvalue weighted by molar-refractivity contribution is 5.28. The van der Waals surface area contributed by atoms with Crippen molar-refractivity contribution in [2.24, 2.45) is 5.73 Å². The summed E-state index contributed by atoms with van der Waals surface area (Å²) in [5, 5.41) is 0. The Morgan fingerprint density at radius 2 is 1.62 bits per heavy atom. The molecule has 0 heterocycles. The number of ether oxygens (including phenoxy) is 1. The molecule has 21 heavy (non-hydrogen) atoms. The van der Waals surface area contributed by atoms with E-state index in [0.717, 1.165) is 38.0 Å². The molecule has 0 bridgehead atoms. The highest BCUT2D eigenvalue weighted by atomic mass is 16.5. The van der Waals surface area contributed by atoms with Crippen molar-refractivity contribution in [1.82, 2.24) is 0 Å². The largest absolute Gasteiger partial charge is 0.486 e. The Hall–Kier alpha value is -1.80. The smallest absolute Gasteiger partial charge is 0.124 e. The van der Waals surface area contributed by atoms with Gasteiger partial charge in [0.25, 0.3) is 0 Å². The molecule has 2 aromatic rings. The predicted molar refractivity (Wildman–Crippen MR) is 88.5 cm³/mol. The summed E-state index contributed by atoms with van der Waals surface area (Å²) in [7, 11) is 0. The minimum absolute atomic E-state index is 0.117. The summed E-state index contributed by atoms with van der Waals surface area (Å²) < 4.78 is 6.20. The second-order valence-electron chi connectivity index (χ2n) is 5.47. The molecule has 2 N–H and O–H groups in total. The molecule has 1 unspecified atom stereocenters. The summed E-state index contributed by atoms with van der Waals surface area (Å²) >= 11 is 0. The van der Waals surface area contributed by atoms with E-state index in [0.29, 0.717) is 0 Å². The van der Waals surface area contributed by atoms with Gasteiger partial charge in [-0.3, -0.25) is 0 Å². The topological polar surface area (TPSA) is 35.2 Å². The number of aryl methyl sites for hydroxylation is 1. The van der Waals surface area contributed by atoms with Gasteiger partial charge in [-0.05, 0) is 50.4 Å². The first-order chi connectivity index (χ1) is 10.3. The molecule has 0 aliphatic rings. The minimum Gasteiger partial charge on any atom is -0.486 e. The van der Waals surface area contributed by atoms with E-state index < -0.39 is 0 Å². The van der Waals surface area contributed by atoms with Crippen molar-refractivity contribution in [3.05, 3.63) is 65.7 Å². The first-order valence-corrected chi connectivity index (χ1v) is 7.78. The molecular weight excluding hydrogens is 258 g/mol. The van der Waals surface area contributed by atoms with Gasteiger partial charge in [-0.15, -0.1) is 0 Å². The fourth-order valence-electron chi connectivity index (χ4n) is 2.39. The predicted octanol–water partition coefficient (Wildman–Crippen LogP) is 4.63. The standard InChI is InChI=1S/C19H25NO/c1-16-11-13-18(14-12-16)21-19(10-6-3-7-15-20)17-8-4-2-5-9-17/h2,4-5,8-9,11-14,19H,3,6-7,10,15,20H2,1H3. The molecule has 0 saturated heterocycles. The summed E-state index contributed by atoms with van der Waals surface area (Å²) in [4.78, 5) is 0. The number of hydrogen-bond donors (Lipinski definition) is 1. The number of nitrogens with two attached hydrogens (primary N) is 1. The lowest BCUT2D eigenvalue weighted by atomic mass is 10.0. The Balaban J connectivity index is 2.02. The lowest BCUT2D eigenvalue weighted by Crippen LogP contribution is -2.08. The van der Waals surface area contributed by atoms with Crippen LogP contribution in [0.1, 0.15) is 42.9 Å². The SMILES string of the molecule is Cc1ccc(OC(CCCCCN)c2ccccc2)cc1. The Morgan fingerprint density at radius 1 is 0.905 bits per heavy atom. The van der Waals surface area contributed by atoms with Crippen LogP contribution in [0.5, 0.6) is 5.75 Å². The van der Waals surface area contributed by atoms with Crippen molar-refractivity contribution in [3.63, 3.8) is 0 Å². The molecule has 2 rings (SSSR count). The lowest BCUT2D eigenvalue weighted by molar-refractivity contribution is 0.190. The van der Waals surface area contributed by atoms with Gasteiger partial charge in [-0.1, -0.05) is 54.4 Å². The Morgan fingerprint density at radius 3 is 2.29 bits per heavy atom. The molecule has 0 radical (unpaired) electrons. The first kappa shape index (κ1) is 15.6. The van der Waals surface area contributed by atoms with Gasteiger partial charge < -0.3 is 10.5 Å². The van der Waals surface area contributed by atoms with Crippen LogP contribution >= 0.6 is 0 Å². The molecule has 0 amide bonds. The number of hydrogen-bond acceptors (Lipinski definition) is 2. The van der Waals surface area contributed by atoms with Crippen molar-refractivity contribution >= 4 is 0 Å². The van der Waals surface area contributed by atoms with Crippen LogP contribution in [0.15, 0.2) is 54.6 Å². The molecule has 0 aliphatic carbocycles. The van der Waals surface area contributed by atoms with Gasteiger partial charge in [0.2, 0.25) is 0 Å². The molecule has 0 fully saturated rings. The van der Waals surface area contributed by atoms with Crippen LogP contribution in [0.25, 0.3) is 0 Å². The van der Waals surface area contributed by atoms with Crippen LogP contribution < -0.4 is 10.5 Å². The van der Waals surface area contributed by atoms with Crippen molar-refractivity contribution in [2.45, 2.75) is 38.7 Å². The number of unbranched alkanes of at least 4 members (excludes halogenated alkanes) is 2. The fraction of sp³-hybridized carbons (Fsp3) is 0.368. The van der Waals surface area contributed by atoms with E-state index >= 15 is 0 Å². The third kappa shape index (κ3) is 5.24. The normalized spacial score (nSPS) is 12.1. The second kappa shape index (κ2) is 8.48. The van der Waals surface area contributed by atoms with Gasteiger partial charge in [0.15, 0.2) is 0 Å². The van der Waals surface area contributed by atoms with Crippen LogP contribution in [-0.4, -0.2) is 6.54 Å². The third-order valence-corrected chi connectivity index (χ3v) is 3.64. The van der Waals surface area contributed by atoms with E-state index in [1.165, 1.54) is 11.1 Å². The van der Waals surface area contributed by atoms with Crippen molar-refractivity contribution in [3.8, 4) is 5.75 Å². The van der Waals surface area contributed by atoms with Gasteiger partial charge >= 0.3 is 0 Å². The molecule has 0 saturated carbocycles. The van der Waals surface area contributed by atoms with Crippen molar-refractivity contribution in [1.29, 1.82) is 0 Å². The summed E-state index contributed by atoms with van der Waals surface area (Å²) in [6.07, 6.45) is 4.54. The van der Waals surface area contributed by atoms with Gasteiger partial charge in [-0.25, -0.2) is 0 Å².